The van der Waals surface area contributed by atoms with Gasteiger partial charge in [-0.25, -0.2) is 4.79 Å². The average molecular weight is 293 g/mol. The van der Waals surface area contributed by atoms with Gasteiger partial charge in [0, 0.05) is 12.6 Å². The van der Waals surface area contributed by atoms with Crippen LogP contribution >= 0.6 is 0 Å². The minimum Gasteiger partial charge on any atom is -0.443 e. The fraction of sp³-hybridized carbons (Fsp3) is 0.625. The number of nitrogens with two attached hydrogens (primary N) is 1. The lowest BCUT2D eigenvalue weighted by molar-refractivity contribution is 0.0560. The maximum Gasteiger partial charge on any atom is 0.415 e. The van der Waals surface area contributed by atoms with Crippen molar-refractivity contribution < 1.29 is 9.53 Å². The smallest absolute Gasteiger partial charge is 0.415 e. The first-order chi connectivity index (χ1) is 9.65. The predicted octanol–water partition coefficient (Wildman–Crippen LogP) is 3.33. The minimum absolute atomic E-state index is 0.00498. The van der Waals surface area contributed by atoms with Crippen molar-refractivity contribution in [1.82, 2.24) is 4.98 Å². The zero-order valence-corrected chi connectivity index (χ0v) is 13.9. The van der Waals surface area contributed by atoms with Crippen molar-refractivity contribution in [3.63, 3.8) is 0 Å². The Balaban J connectivity index is 3.09. The molecule has 1 heterocycles. The van der Waals surface area contributed by atoms with Crippen molar-refractivity contribution >= 4 is 11.8 Å². The van der Waals surface area contributed by atoms with Gasteiger partial charge in [-0.2, -0.15) is 0 Å². The van der Waals surface area contributed by atoms with Crippen LogP contribution in [0, 0.1) is 5.92 Å². The van der Waals surface area contributed by atoms with E-state index in [4.69, 9.17) is 10.5 Å². The fourth-order valence-electron chi connectivity index (χ4n) is 1.80. The van der Waals surface area contributed by atoms with Gasteiger partial charge in [-0.3, -0.25) is 9.88 Å². The monoisotopic (exact) mass is 293 g/mol. The minimum atomic E-state index is -0.531. The Hall–Kier alpha value is -1.62. The first-order valence-corrected chi connectivity index (χ1v) is 7.33. The van der Waals surface area contributed by atoms with E-state index < -0.39 is 5.60 Å². The van der Waals surface area contributed by atoms with E-state index in [0.29, 0.717) is 12.5 Å². The van der Waals surface area contributed by atoms with Crippen molar-refractivity contribution in [2.45, 2.75) is 59.7 Å². The molecule has 1 aromatic rings. The molecular formula is C16H27N3O2. The van der Waals surface area contributed by atoms with Crippen LogP contribution in [0.3, 0.4) is 0 Å². The van der Waals surface area contributed by atoms with Gasteiger partial charge in [-0.05, 0) is 45.7 Å². The lowest BCUT2D eigenvalue weighted by Crippen LogP contribution is -2.44. The molecule has 1 rings (SSSR count). The molecule has 1 atom stereocenters. The number of pyridine rings is 1. The van der Waals surface area contributed by atoms with Crippen molar-refractivity contribution in [2.75, 3.05) is 4.90 Å². The van der Waals surface area contributed by atoms with Crippen LogP contribution in [-0.4, -0.2) is 22.7 Å². The molecule has 5 nitrogen and oxygen atoms in total. The van der Waals surface area contributed by atoms with E-state index >= 15 is 0 Å². The summed E-state index contributed by atoms with van der Waals surface area (Å²) in [6.45, 7) is 12.1. The Kier molecular flexibility index (Phi) is 5.72. The zero-order valence-electron chi connectivity index (χ0n) is 13.9. The molecular weight excluding hydrogens is 266 g/mol. The lowest BCUT2D eigenvalue weighted by atomic mass is 10.0. The summed E-state index contributed by atoms with van der Waals surface area (Å²) in [5.41, 5.74) is 6.54. The Morgan fingerprint density at radius 3 is 2.33 bits per heavy atom. The third kappa shape index (κ3) is 5.01. The van der Waals surface area contributed by atoms with Crippen LogP contribution in [0.25, 0.3) is 0 Å². The number of carbonyl (C=O) groups excluding carboxylic acids is 1. The Morgan fingerprint density at radius 1 is 1.33 bits per heavy atom. The van der Waals surface area contributed by atoms with Crippen LogP contribution < -0.4 is 10.6 Å². The molecule has 5 heteroatoms. The van der Waals surface area contributed by atoms with Crippen LogP contribution in [0.4, 0.5) is 10.5 Å². The summed E-state index contributed by atoms with van der Waals surface area (Å²) in [7, 11) is 0. The summed E-state index contributed by atoms with van der Waals surface area (Å²) in [4.78, 5) is 18.4. The summed E-state index contributed by atoms with van der Waals surface area (Å²) in [5, 5.41) is 0. The van der Waals surface area contributed by atoms with Crippen LogP contribution in [0.2, 0.25) is 0 Å². The Bertz CT molecular complexity index is 463. The van der Waals surface area contributed by atoms with Gasteiger partial charge in [0.25, 0.3) is 0 Å². The maximum absolute atomic E-state index is 12.5. The van der Waals surface area contributed by atoms with Crippen molar-refractivity contribution in [3.05, 3.63) is 24.0 Å². The molecule has 0 bridgehead atoms. The summed E-state index contributed by atoms with van der Waals surface area (Å²) in [6.07, 6.45) is 1.32. The van der Waals surface area contributed by atoms with Gasteiger partial charge in [-0.15, -0.1) is 0 Å². The van der Waals surface area contributed by atoms with Crippen LogP contribution in [0.5, 0.6) is 0 Å². The summed E-state index contributed by atoms with van der Waals surface area (Å²) >= 11 is 0. The number of rotatable bonds is 4. The van der Waals surface area contributed by atoms with E-state index in [9.17, 15) is 4.79 Å². The number of nitrogens with zero attached hydrogens (tertiary/aromatic N) is 2. The quantitative estimate of drug-likeness (QED) is 0.924. The SMILES string of the molecule is CC(C)C(C)N(C(=O)OC(C)(C)C)c1ccc(CN)nc1. The van der Waals surface area contributed by atoms with E-state index in [2.05, 4.69) is 18.8 Å². The van der Waals surface area contributed by atoms with E-state index in [-0.39, 0.29) is 12.1 Å². The highest BCUT2D eigenvalue weighted by Crippen LogP contribution is 2.23. The number of ether oxygens (including phenoxy) is 1. The molecule has 0 aliphatic carbocycles. The van der Waals surface area contributed by atoms with E-state index in [1.165, 1.54) is 0 Å². The maximum atomic E-state index is 12.5. The summed E-state index contributed by atoms with van der Waals surface area (Å²) in [5.74, 6) is 0.298. The molecule has 0 aliphatic heterocycles. The molecule has 1 unspecified atom stereocenters. The highest BCUT2D eigenvalue weighted by molar-refractivity contribution is 5.88. The molecule has 0 saturated carbocycles. The van der Waals surface area contributed by atoms with E-state index in [1.54, 1.807) is 11.1 Å². The second-order valence-electron chi connectivity index (χ2n) is 6.55. The van der Waals surface area contributed by atoms with Crippen molar-refractivity contribution in [2.24, 2.45) is 11.7 Å². The zero-order chi connectivity index (χ0) is 16.2. The molecule has 0 saturated heterocycles. The first kappa shape index (κ1) is 17.4. The van der Waals surface area contributed by atoms with Gasteiger partial charge in [0.2, 0.25) is 0 Å². The molecule has 1 aromatic heterocycles. The van der Waals surface area contributed by atoms with Crippen LogP contribution in [0.1, 0.15) is 47.2 Å². The molecule has 118 valence electrons. The number of anilines is 1. The molecule has 21 heavy (non-hydrogen) atoms. The number of hydrogen-bond donors (Lipinski definition) is 1. The molecule has 0 aliphatic rings. The third-order valence-corrected chi connectivity index (χ3v) is 3.26. The first-order valence-electron chi connectivity index (χ1n) is 7.33. The van der Waals surface area contributed by atoms with Gasteiger partial charge in [0.15, 0.2) is 0 Å². The third-order valence-electron chi connectivity index (χ3n) is 3.26. The van der Waals surface area contributed by atoms with Crippen LogP contribution in [0.15, 0.2) is 18.3 Å². The molecule has 0 aromatic carbocycles. The largest absolute Gasteiger partial charge is 0.443 e. The van der Waals surface area contributed by atoms with Crippen molar-refractivity contribution in [1.29, 1.82) is 0 Å². The van der Waals surface area contributed by atoms with Crippen LogP contribution in [-0.2, 0) is 11.3 Å². The van der Waals surface area contributed by atoms with E-state index in [1.807, 2.05) is 39.8 Å². The van der Waals surface area contributed by atoms with Gasteiger partial charge in [0.05, 0.1) is 17.6 Å². The Labute approximate surface area is 127 Å². The molecule has 0 spiro atoms. The molecule has 0 radical (unpaired) electrons. The second kappa shape index (κ2) is 6.89. The number of amides is 1. The molecule has 1 amide bonds. The number of aromatic nitrogens is 1. The highest BCUT2D eigenvalue weighted by Gasteiger charge is 2.29. The van der Waals surface area contributed by atoms with Gasteiger partial charge in [-0.1, -0.05) is 13.8 Å². The number of carbonyl (C=O) groups is 1. The second-order valence-corrected chi connectivity index (χ2v) is 6.55. The summed E-state index contributed by atoms with van der Waals surface area (Å²) < 4.78 is 5.52. The lowest BCUT2D eigenvalue weighted by Gasteiger charge is -2.33. The predicted molar refractivity (Wildman–Crippen MR) is 85.1 cm³/mol. The number of hydrogen-bond acceptors (Lipinski definition) is 4. The Morgan fingerprint density at radius 2 is 1.95 bits per heavy atom. The normalized spacial score (nSPS) is 13.1. The molecule has 0 fully saturated rings. The van der Waals surface area contributed by atoms with Gasteiger partial charge in [0.1, 0.15) is 5.60 Å². The topological polar surface area (TPSA) is 68.5 Å². The van der Waals surface area contributed by atoms with E-state index in [0.717, 1.165) is 11.4 Å². The van der Waals surface area contributed by atoms with Gasteiger partial charge >= 0.3 is 6.09 Å². The highest BCUT2D eigenvalue weighted by atomic mass is 16.6. The standard InChI is InChI=1S/C16H27N3O2/c1-11(2)12(3)19(15(20)21-16(4,5)6)14-8-7-13(9-17)18-10-14/h7-8,10-12H,9,17H2,1-6H3. The summed E-state index contributed by atoms with van der Waals surface area (Å²) in [6, 6.07) is 3.70. The fourth-order valence-corrected chi connectivity index (χ4v) is 1.80. The molecule has 2 N–H and O–H groups in total. The average Bonchev–Trinajstić information content (AvgIpc) is 2.37. The van der Waals surface area contributed by atoms with Gasteiger partial charge < -0.3 is 10.5 Å². The van der Waals surface area contributed by atoms with Crippen molar-refractivity contribution in [3.8, 4) is 0 Å².